The summed E-state index contributed by atoms with van der Waals surface area (Å²) in [5.41, 5.74) is 4.50. The van der Waals surface area contributed by atoms with Crippen molar-refractivity contribution in [2.45, 2.75) is 37.8 Å². The quantitative estimate of drug-likeness (QED) is 0.869. The number of likely N-dealkylation sites (N-methyl/N-ethyl adjacent to an activating group) is 1. The Hall–Kier alpha value is -0.900. The van der Waals surface area contributed by atoms with Crippen molar-refractivity contribution in [3.63, 3.8) is 0 Å². The second-order valence-electron chi connectivity index (χ2n) is 5.64. The van der Waals surface area contributed by atoms with Crippen LogP contribution in [0.15, 0.2) is 18.2 Å². The Labute approximate surface area is 115 Å². The van der Waals surface area contributed by atoms with E-state index >= 15 is 0 Å². The number of fused-ring (bicyclic) bond motifs is 1. The molecule has 3 nitrogen and oxygen atoms in total. The van der Waals surface area contributed by atoms with Gasteiger partial charge in [-0.25, -0.2) is 0 Å². The molecule has 1 aromatic carbocycles. The van der Waals surface area contributed by atoms with Crippen LogP contribution in [0.5, 0.6) is 0 Å². The molecule has 0 aromatic heterocycles. The van der Waals surface area contributed by atoms with Crippen molar-refractivity contribution in [2.24, 2.45) is 0 Å². The summed E-state index contributed by atoms with van der Waals surface area (Å²) in [5.74, 6) is 0. The van der Waals surface area contributed by atoms with E-state index in [-0.39, 0.29) is 0 Å². The standard InChI is InChI=1S/C16H24N2O/c1-17-16(15-11-19-9-8-18-15)14-7-6-12-4-2-3-5-13(12)10-14/h6-7,10,15-18H,2-5,8-9,11H2,1H3. The Morgan fingerprint density at radius 1 is 1.26 bits per heavy atom. The molecule has 3 rings (SSSR count). The molecule has 1 fully saturated rings. The third-order valence-electron chi connectivity index (χ3n) is 4.40. The first kappa shape index (κ1) is 13.1. The van der Waals surface area contributed by atoms with Crippen molar-refractivity contribution in [1.82, 2.24) is 10.6 Å². The van der Waals surface area contributed by atoms with Crippen LogP contribution in [0.25, 0.3) is 0 Å². The van der Waals surface area contributed by atoms with Crippen molar-refractivity contribution in [3.05, 3.63) is 34.9 Å². The van der Waals surface area contributed by atoms with E-state index in [0.29, 0.717) is 12.1 Å². The molecule has 0 amide bonds. The lowest BCUT2D eigenvalue weighted by Gasteiger charge is -2.32. The summed E-state index contributed by atoms with van der Waals surface area (Å²) in [6.45, 7) is 2.58. The monoisotopic (exact) mass is 260 g/mol. The van der Waals surface area contributed by atoms with Gasteiger partial charge >= 0.3 is 0 Å². The molecular weight excluding hydrogens is 236 g/mol. The first-order valence-corrected chi connectivity index (χ1v) is 7.48. The summed E-state index contributed by atoms with van der Waals surface area (Å²) in [4.78, 5) is 0. The van der Waals surface area contributed by atoms with Crippen molar-refractivity contribution in [2.75, 3.05) is 26.8 Å². The zero-order chi connectivity index (χ0) is 13.1. The molecule has 0 spiro atoms. The van der Waals surface area contributed by atoms with Crippen LogP contribution in [0.4, 0.5) is 0 Å². The number of benzene rings is 1. The first-order valence-electron chi connectivity index (χ1n) is 7.48. The molecule has 0 saturated carbocycles. The molecule has 104 valence electrons. The van der Waals surface area contributed by atoms with Gasteiger partial charge in [0.25, 0.3) is 0 Å². The van der Waals surface area contributed by atoms with E-state index in [1.54, 1.807) is 11.1 Å². The lowest BCUT2D eigenvalue weighted by atomic mass is 9.88. The predicted molar refractivity (Wildman–Crippen MR) is 77.5 cm³/mol. The van der Waals surface area contributed by atoms with Crippen molar-refractivity contribution in [1.29, 1.82) is 0 Å². The number of rotatable bonds is 3. The van der Waals surface area contributed by atoms with Crippen molar-refractivity contribution in [3.8, 4) is 0 Å². The molecule has 2 unspecified atom stereocenters. The Bertz CT molecular complexity index is 427. The van der Waals surface area contributed by atoms with E-state index in [0.717, 1.165) is 19.8 Å². The third kappa shape index (κ3) is 2.83. The second-order valence-corrected chi connectivity index (χ2v) is 5.64. The lowest BCUT2D eigenvalue weighted by Crippen LogP contribution is -2.48. The predicted octanol–water partition coefficient (Wildman–Crippen LogP) is 1.81. The SMILES string of the molecule is CNC(c1ccc2c(c1)CCCC2)C1COCCN1. The Kier molecular flexibility index (Phi) is 4.16. The van der Waals surface area contributed by atoms with Gasteiger partial charge in [0.2, 0.25) is 0 Å². The largest absolute Gasteiger partial charge is 0.378 e. The van der Waals surface area contributed by atoms with Crippen LogP contribution in [-0.4, -0.2) is 32.8 Å². The van der Waals surface area contributed by atoms with E-state index < -0.39 is 0 Å². The minimum absolute atomic E-state index is 0.340. The summed E-state index contributed by atoms with van der Waals surface area (Å²) in [6, 6.07) is 7.75. The van der Waals surface area contributed by atoms with Gasteiger partial charge in [-0.05, 0) is 49.4 Å². The first-order chi connectivity index (χ1) is 9.38. The smallest absolute Gasteiger partial charge is 0.0638 e. The van der Waals surface area contributed by atoms with Gasteiger partial charge in [0, 0.05) is 12.6 Å². The van der Waals surface area contributed by atoms with Crippen LogP contribution in [-0.2, 0) is 17.6 Å². The number of ether oxygens (including phenoxy) is 1. The number of hydrogen-bond donors (Lipinski definition) is 2. The lowest BCUT2D eigenvalue weighted by molar-refractivity contribution is 0.0645. The molecule has 1 aliphatic carbocycles. The summed E-state index contributed by atoms with van der Waals surface area (Å²) in [5, 5.41) is 7.01. The van der Waals surface area contributed by atoms with Crippen LogP contribution in [0.1, 0.15) is 35.6 Å². The fourth-order valence-electron chi connectivity index (χ4n) is 3.35. The van der Waals surface area contributed by atoms with Gasteiger partial charge in [0.1, 0.15) is 0 Å². The molecule has 1 aromatic rings. The maximum absolute atomic E-state index is 5.60. The number of aryl methyl sites for hydroxylation is 2. The fraction of sp³-hybridized carbons (Fsp3) is 0.625. The summed E-state index contributed by atoms with van der Waals surface area (Å²) in [7, 11) is 2.04. The number of morpholine rings is 1. The highest BCUT2D eigenvalue weighted by atomic mass is 16.5. The molecule has 1 aliphatic heterocycles. The average molecular weight is 260 g/mol. The van der Waals surface area contributed by atoms with E-state index in [1.807, 2.05) is 7.05 Å². The van der Waals surface area contributed by atoms with Crippen LogP contribution in [0.2, 0.25) is 0 Å². The zero-order valence-electron chi connectivity index (χ0n) is 11.7. The van der Waals surface area contributed by atoms with Gasteiger partial charge in [-0.15, -0.1) is 0 Å². The minimum atomic E-state index is 0.340. The van der Waals surface area contributed by atoms with Crippen LogP contribution in [0.3, 0.4) is 0 Å². The van der Waals surface area contributed by atoms with E-state index in [2.05, 4.69) is 28.8 Å². The molecule has 19 heavy (non-hydrogen) atoms. The summed E-state index contributed by atoms with van der Waals surface area (Å²) < 4.78 is 5.60. The average Bonchev–Trinajstić information content (AvgIpc) is 2.49. The highest BCUT2D eigenvalue weighted by molar-refractivity contribution is 5.35. The highest BCUT2D eigenvalue weighted by Gasteiger charge is 2.24. The Morgan fingerprint density at radius 2 is 2.11 bits per heavy atom. The van der Waals surface area contributed by atoms with Gasteiger partial charge in [0.05, 0.1) is 19.3 Å². The molecule has 0 radical (unpaired) electrons. The van der Waals surface area contributed by atoms with Crippen molar-refractivity contribution < 1.29 is 4.74 Å². The minimum Gasteiger partial charge on any atom is -0.378 e. The topological polar surface area (TPSA) is 33.3 Å². The van der Waals surface area contributed by atoms with E-state index in [1.165, 1.54) is 31.2 Å². The van der Waals surface area contributed by atoms with Crippen molar-refractivity contribution >= 4 is 0 Å². The summed E-state index contributed by atoms with van der Waals surface area (Å²) >= 11 is 0. The molecule has 2 aliphatic rings. The molecule has 2 N–H and O–H groups in total. The third-order valence-corrected chi connectivity index (χ3v) is 4.40. The summed E-state index contributed by atoms with van der Waals surface area (Å²) in [6.07, 6.45) is 5.18. The maximum Gasteiger partial charge on any atom is 0.0638 e. The van der Waals surface area contributed by atoms with E-state index in [9.17, 15) is 0 Å². The van der Waals surface area contributed by atoms with Crippen LogP contribution < -0.4 is 10.6 Å². The molecule has 0 bridgehead atoms. The Balaban J connectivity index is 1.82. The van der Waals surface area contributed by atoms with Gasteiger partial charge in [-0.3, -0.25) is 0 Å². The van der Waals surface area contributed by atoms with Gasteiger partial charge < -0.3 is 15.4 Å². The van der Waals surface area contributed by atoms with Gasteiger partial charge in [0.15, 0.2) is 0 Å². The zero-order valence-corrected chi connectivity index (χ0v) is 11.7. The number of nitrogens with one attached hydrogen (secondary N) is 2. The molecular formula is C16H24N2O. The van der Waals surface area contributed by atoms with Crippen LogP contribution >= 0.6 is 0 Å². The fourth-order valence-corrected chi connectivity index (χ4v) is 3.35. The van der Waals surface area contributed by atoms with Gasteiger partial charge in [-0.1, -0.05) is 18.2 Å². The van der Waals surface area contributed by atoms with E-state index in [4.69, 9.17) is 4.74 Å². The second kappa shape index (κ2) is 6.04. The maximum atomic E-state index is 5.60. The normalized spacial score (nSPS) is 24.8. The molecule has 1 heterocycles. The molecule has 1 saturated heterocycles. The number of hydrogen-bond acceptors (Lipinski definition) is 3. The highest BCUT2D eigenvalue weighted by Crippen LogP contribution is 2.26. The van der Waals surface area contributed by atoms with Gasteiger partial charge in [-0.2, -0.15) is 0 Å². The van der Waals surface area contributed by atoms with Crippen LogP contribution in [0, 0.1) is 0 Å². The molecule has 3 heteroatoms. The molecule has 2 atom stereocenters. The Morgan fingerprint density at radius 3 is 2.84 bits per heavy atom.